The summed E-state index contributed by atoms with van der Waals surface area (Å²) >= 11 is 1.78. The maximum atomic E-state index is 12.0. The Morgan fingerprint density at radius 3 is 2.56 bits per heavy atom. The molecule has 0 fully saturated rings. The van der Waals surface area contributed by atoms with Crippen molar-refractivity contribution in [2.45, 2.75) is 13.0 Å². The van der Waals surface area contributed by atoms with Crippen LogP contribution < -0.4 is 0 Å². The smallest absolute Gasteiger partial charge is 0.176 e. The number of thioether (sulfide) groups is 1. The zero-order chi connectivity index (χ0) is 13.5. The van der Waals surface area contributed by atoms with Crippen LogP contribution in [0.5, 0.6) is 0 Å². The zero-order valence-electron chi connectivity index (χ0n) is 11.0. The first-order valence-electron chi connectivity index (χ1n) is 5.81. The highest BCUT2D eigenvalue weighted by atomic mass is 32.2. The number of rotatable bonds is 6. The molecule has 0 spiro atoms. The van der Waals surface area contributed by atoms with Crippen LogP contribution in [0.4, 0.5) is 0 Å². The van der Waals surface area contributed by atoms with Gasteiger partial charge in [-0.2, -0.15) is 17.0 Å². The van der Waals surface area contributed by atoms with Crippen molar-refractivity contribution in [2.75, 3.05) is 25.6 Å². The minimum Gasteiger partial charge on any atom is -0.295 e. The summed E-state index contributed by atoms with van der Waals surface area (Å²) in [6.07, 6.45) is 2.06. The molecular weight excluding hydrogens is 244 g/mol. The number of ketones is 1. The van der Waals surface area contributed by atoms with Crippen LogP contribution in [0.25, 0.3) is 0 Å². The Kier molecular flexibility index (Phi) is 5.90. The summed E-state index contributed by atoms with van der Waals surface area (Å²) in [5.41, 5.74) is 1.24. The van der Waals surface area contributed by atoms with Gasteiger partial charge in [0.05, 0.1) is 18.2 Å². The average Bonchev–Trinajstić information content (AvgIpc) is 2.39. The summed E-state index contributed by atoms with van der Waals surface area (Å²) in [5, 5.41) is 8.70. The minimum absolute atomic E-state index is 0.0925. The van der Waals surface area contributed by atoms with Gasteiger partial charge in [-0.3, -0.25) is 9.69 Å². The van der Waals surface area contributed by atoms with Crippen molar-refractivity contribution in [1.29, 1.82) is 5.26 Å². The Balaban J connectivity index is 2.62. The number of carbonyl (C=O) groups excluding carboxylic acids is 1. The normalized spacial score (nSPS) is 12.2. The Morgan fingerprint density at radius 1 is 1.44 bits per heavy atom. The number of Topliss-reactive ketones (excluding diaryl/α,β-unsaturated/α-hetero) is 1. The molecule has 4 heteroatoms. The number of nitriles is 1. The van der Waals surface area contributed by atoms with Crippen LogP contribution in [0.2, 0.25) is 0 Å². The van der Waals surface area contributed by atoms with Crippen LogP contribution in [0.1, 0.15) is 22.8 Å². The topological polar surface area (TPSA) is 44.1 Å². The van der Waals surface area contributed by atoms with Crippen molar-refractivity contribution in [3.05, 3.63) is 35.4 Å². The van der Waals surface area contributed by atoms with Gasteiger partial charge in [0.1, 0.15) is 0 Å². The molecular formula is C14H18N2OS. The van der Waals surface area contributed by atoms with E-state index in [4.69, 9.17) is 5.26 Å². The van der Waals surface area contributed by atoms with Crippen molar-refractivity contribution in [3.8, 4) is 6.07 Å². The third kappa shape index (κ3) is 4.17. The van der Waals surface area contributed by atoms with E-state index in [1.165, 1.54) is 0 Å². The Labute approximate surface area is 113 Å². The predicted octanol–water partition coefficient (Wildman–Crippen LogP) is 2.42. The molecule has 0 bridgehead atoms. The van der Waals surface area contributed by atoms with Gasteiger partial charge in [0.25, 0.3) is 0 Å². The number of benzene rings is 1. The highest BCUT2D eigenvalue weighted by molar-refractivity contribution is 7.98. The molecule has 1 aromatic rings. The lowest BCUT2D eigenvalue weighted by Gasteiger charge is -2.23. The molecule has 0 aromatic heterocycles. The minimum atomic E-state index is 0.0925. The van der Waals surface area contributed by atoms with Crippen molar-refractivity contribution in [2.24, 2.45) is 0 Å². The average molecular weight is 262 g/mol. The fraction of sp³-hybridized carbons (Fsp3) is 0.429. The maximum absolute atomic E-state index is 12.0. The molecule has 96 valence electrons. The number of carbonyl (C=O) groups is 1. The van der Waals surface area contributed by atoms with Crippen LogP contribution in [0.3, 0.4) is 0 Å². The summed E-state index contributed by atoms with van der Waals surface area (Å²) in [6.45, 7) is 2.52. The van der Waals surface area contributed by atoms with Crippen LogP contribution >= 0.6 is 11.8 Å². The highest BCUT2D eigenvalue weighted by Crippen LogP contribution is 2.08. The van der Waals surface area contributed by atoms with Crippen LogP contribution in [-0.4, -0.2) is 42.3 Å². The molecule has 0 aliphatic rings. The maximum Gasteiger partial charge on any atom is 0.176 e. The van der Waals surface area contributed by atoms with Crippen molar-refractivity contribution in [1.82, 2.24) is 4.90 Å². The SMILES string of the molecule is CSCC(C)N(C)CC(=O)c1ccc(C#N)cc1. The summed E-state index contributed by atoms with van der Waals surface area (Å²) in [6, 6.07) is 9.21. The first-order chi connectivity index (χ1) is 8.58. The molecule has 1 rings (SSSR count). The molecule has 0 saturated heterocycles. The van der Waals surface area contributed by atoms with Gasteiger partial charge in [-0.25, -0.2) is 0 Å². The van der Waals surface area contributed by atoms with Crippen molar-refractivity contribution >= 4 is 17.5 Å². The van der Waals surface area contributed by atoms with E-state index in [9.17, 15) is 4.79 Å². The summed E-state index contributed by atoms with van der Waals surface area (Å²) < 4.78 is 0. The van der Waals surface area contributed by atoms with Crippen molar-refractivity contribution in [3.63, 3.8) is 0 Å². The molecule has 0 radical (unpaired) electrons. The number of nitrogens with zero attached hydrogens (tertiary/aromatic N) is 2. The molecule has 3 nitrogen and oxygen atoms in total. The Bertz CT molecular complexity index is 436. The fourth-order valence-electron chi connectivity index (χ4n) is 1.57. The lowest BCUT2D eigenvalue weighted by molar-refractivity contribution is 0.0931. The second-order valence-corrected chi connectivity index (χ2v) is 5.24. The first kappa shape index (κ1) is 14.7. The monoisotopic (exact) mass is 262 g/mol. The van der Waals surface area contributed by atoms with Gasteiger partial charge < -0.3 is 0 Å². The summed E-state index contributed by atoms with van der Waals surface area (Å²) in [5.74, 6) is 1.10. The molecule has 0 aliphatic heterocycles. The molecule has 0 amide bonds. The third-order valence-electron chi connectivity index (χ3n) is 2.89. The Morgan fingerprint density at radius 2 is 2.06 bits per heavy atom. The summed E-state index contributed by atoms with van der Waals surface area (Å²) in [4.78, 5) is 14.1. The molecule has 1 atom stereocenters. The van der Waals surface area contributed by atoms with Gasteiger partial charge in [-0.05, 0) is 32.4 Å². The van der Waals surface area contributed by atoms with Gasteiger partial charge in [-0.15, -0.1) is 0 Å². The van der Waals surface area contributed by atoms with E-state index in [1.54, 1.807) is 36.0 Å². The number of hydrogen-bond donors (Lipinski definition) is 0. The van der Waals surface area contributed by atoms with E-state index in [0.717, 1.165) is 5.75 Å². The zero-order valence-corrected chi connectivity index (χ0v) is 11.8. The Hall–Kier alpha value is -1.31. The number of likely N-dealkylation sites (N-methyl/N-ethyl adjacent to an activating group) is 1. The van der Waals surface area contributed by atoms with E-state index >= 15 is 0 Å². The van der Waals surface area contributed by atoms with Crippen LogP contribution in [0, 0.1) is 11.3 Å². The standard InChI is InChI=1S/C14H18N2OS/c1-11(10-18-3)16(2)9-14(17)13-6-4-12(8-15)5-7-13/h4-7,11H,9-10H2,1-3H3. The van der Waals surface area contributed by atoms with Gasteiger partial charge >= 0.3 is 0 Å². The molecule has 0 aliphatic carbocycles. The van der Waals surface area contributed by atoms with Gasteiger partial charge in [0.2, 0.25) is 0 Å². The van der Waals surface area contributed by atoms with Gasteiger partial charge in [-0.1, -0.05) is 12.1 Å². The molecule has 18 heavy (non-hydrogen) atoms. The van der Waals surface area contributed by atoms with E-state index in [0.29, 0.717) is 23.7 Å². The molecule has 1 aromatic carbocycles. The summed E-state index contributed by atoms with van der Waals surface area (Å²) in [7, 11) is 1.96. The third-order valence-corrected chi connectivity index (χ3v) is 3.71. The van der Waals surface area contributed by atoms with Crippen molar-refractivity contribution < 1.29 is 4.79 Å². The van der Waals surface area contributed by atoms with E-state index in [2.05, 4.69) is 18.1 Å². The lowest BCUT2D eigenvalue weighted by atomic mass is 10.1. The molecule has 0 heterocycles. The van der Waals surface area contributed by atoms with Gasteiger partial charge in [0, 0.05) is 17.4 Å². The largest absolute Gasteiger partial charge is 0.295 e. The molecule has 1 unspecified atom stereocenters. The van der Waals surface area contributed by atoms with E-state index in [-0.39, 0.29) is 5.78 Å². The van der Waals surface area contributed by atoms with E-state index in [1.807, 2.05) is 13.1 Å². The number of hydrogen-bond acceptors (Lipinski definition) is 4. The predicted molar refractivity (Wildman–Crippen MR) is 76.0 cm³/mol. The lowest BCUT2D eigenvalue weighted by Crippen LogP contribution is -2.35. The molecule has 0 N–H and O–H groups in total. The second kappa shape index (κ2) is 7.20. The highest BCUT2D eigenvalue weighted by Gasteiger charge is 2.13. The van der Waals surface area contributed by atoms with Crippen LogP contribution in [-0.2, 0) is 0 Å². The quantitative estimate of drug-likeness (QED) is 0.739. The van der Waals surface area contributed by atoms with Crippen LogP contribution in [0.15, 0.2) is 24.3 Å². The fourth-order valence-corrected chi connectivity index (χ4v) is 2.31. The van der Waals surface area contributed by atoms with E-state index < -0.39 is 0 Å². The van der Waals surface area contributed by atoms with Gasteiger partial charge in [0.15, 0.2) is 5.78 Å². The second-order valence-electron chi connectivity index (χ2n) is 4.33. The first-order valence-corrected chi connectivity index (χ1v) is 7.20. The molecule has 0 saturated carbocycles.